The molecule has 2 aromatic rings. The number of ether oxygens (including phenoxy) is 1. The van der Waals surface area contributed by atoms with Crippen molar-refractivity contribution in [1.82, 2.24) is 0 Å². The Labute approximate surface area is 157 Å². The molecule has 0 saturated heterocycles. The van der Waals surface area contributed by atoms with Crippen molar-refractivity contribution in [3.8, 4) is 0 Å². The Hall–Kier alpha value is -2.81. The van der Waals surface area contributed by atoms with E-state index < -0.39 is 36.0 Å². The Balaban J connectivity index is 1.67. The molecular formula is C18H16F2N2O4S. The van der Waals surface area contributed by atoms with Gasteiger partial charge in [-0.3, -0.25) is 9.59 Å². The zero-order valence-corrected chi connectivity index (χ0v) is 15.0. The molecule has 1 aliphatic carbocycles. The van der Waals surface area contributed by atoms with Crippen LogP contribution in [0.4, 0.5) is 13.8 Å². The van der Waals surface area contributed by atoms with E-state index in [1.54, 1.807) is 0 Å². The third-order valence-corrected chi connectivity index (χ3v) is 5.31. The average molecular weight is 394 g/mol. The number of hydrogen-bond donors (Lipinski definition) is 2. The first kappa shape index (κ1) is 19.0. The van der Waals surface area contributed by atoms with Gasteiger partial charge in [0, 0.05) is 10.9 Å². The highest BCUT2D eigenvalue weighted by molar-refractivity contribution is 7.17. The van der Waals surface area contributed by atoms with Gasteiger partial charge in [-0.25, -0.2) is 13.6 Å². The first-order valence-corrected chi connectivity index (χ1v) is 9.04. The number of rotatable bonds is 5. The van der Waals surface area contributed by atoms with Gasteiger partial charge in [0.15, 0.2) is 6.61 Å². The minimum atomic E-state index is -1.04. The molecule has 0 saturated carbocycles. The van der Waals surface area contributed by atoms with Crippen LogP contribution in [0.2, 0.25) is 0 Å². The summed E-state index contributed by atoms with van der Waals surface area (Å²) in [5.74, 6) is -4.20. The van der Waals surface area contributed by atoms with Gasteiger partial charge in [-0.05, 0) is 43.4 Å². The van der Waals surface area contributed by atoms with E-state index in [2.05, 4.69) is 5.32 Å². The third-order valence-electron chi connectivity index (χ3n) is 4.10. The molecule has 0 spiro atoms. The topological polar surface area (TPSA) is 98.5 Å². The van der Waals surface area contributed by atoms with E-state index in [1.165, 1.54) is 11.3 Å². The maximum Gasteiger partial charge on any atom is 0.338 e. The van der Waals surface area contributed by atoms with Crippen molar-refractivity contribution in [2.24, 2.45) is 5.73 Å². The molecule has 27 heavy (non-hydrogen) atoms. The predicted molar refractivity (Wildman–Crippen MR) is 94.7 cm³/mol. The zero-order chi connectivity index (χ0) is 19.6. The van der Waals surface area contributed by atoms with Crippen molar-refractivity contribution >= 4 is 34.1 Å². The molecule has 1 aliphatic rings. The van der Waals surface area contributed by atoms with E-state index in [0.717, 1.165) is 48.3 Å². The Morgan fingerprint density at radius 1 is 1.11 bits per heavy atom. The summed E-state index contributed by atoms with van der Waals surface area (Å²) in [4.78, 5) is 36.7. The van der Waals surface area contributed by atoms with Crippen LogP contribution in [0.3, 0.4) is 0 Å². The number of anilines is 1. The van der Waals surface area contributed by atoms with E-state index in [1.807, 2.05) is 0 Å². The van der Waals surface area contributed by atoms with E-state index in [4.69, 9.17) is 10.5 Å². The van der Waals surface area contributed by atoms with Crippen molar-refractivity contribution in [3.05, 3.63) is 51.4 Å². The van der Waals surface area contributed by atoms with Gasteiger partial charge in [0.1, 0.15) is 16.6 Å². The molecule has 0 aliphatic heterocycles. The number of carbonyl (C=O) groups excluding carboxylic acids is 3. The van der Waals surface area contributed by atoms with Gasteiger partial charge in [0.05, 0.1) is 11.1 Å². The second-order valence-electron chi connectivity index (χ2n) is 6.06. The van der Waals surface area contributed by atoms with Crippen molar-refractivity contribution in [2.45, 2.75) is 25.7 Å². The summed E-state index contributed by atoms with van der Waals surface area (Å²) in [7, 11) is 0. The maximum absolute atomic E-state index is 13.1. The summed E-state index contributed by atoms with van der Waals surface area (Å²) in [6.45, 7) is -0.669. The summed E-state index contributed by atoms with van der Waals surface area (Å²) in [6, 6.07) is 2.23. The number of halogens is 2. The lowest BCUT2D eigenvalue weighted by Gasteiger charge is -2.11. The van der Waals surface area contributed by atoms with Crippen LogP contribution in [-0.4, -0.2) is 24.4 Å². The number of carbonyl (C=O) groups is 3. The molecule has 0 atom stereocenters. The second kappa shape index (κ2) is 7.83. The standard InChI is InChI=1S/C18H16F2N2O4S/c19-10-5-9(6-11(20)7-10)18(25)26-8-14(23)22-17-15(16(21)24)12-3-1-2-4-13(12)27-17/h5-7H,1-4,8H2,(H2,21,24)(H,22,23). The fourth-order valence-corrected chi connectivity index (χ4v) is 4.27. The monoisotopic (exact) mass is 394 g/mol. The van der Waals surface area contributed by atoms with E-state index in [9.17, 15) is 23.2 Å². The number of aryl methyl sites for hydroxylation is 1. The van der Waals surface area contributed by atoms with Crippen molar-refractivity contribution < 1.29 is 27.9 Å². The Bertz CT molecular complexity index is 906. The first-order chi connectivity index (χ1) is 12.8. The van der Waals surface area contributed by atoms with Gasteiger partial charge < -0.3 is 15.8 Å². The van der Waals surface area contributed by atoms with Crippen LogP contribution in [0.5, 0.6) is 0 Å². The Kier molecular flexibility index (Phi) is 5.50. The molecule has 2 amide bonds. The summed E-state index contributed by atoms with van der Waals surface area (Å²) >= 11 is 1.28. The Morgan fingerprint density at radius 3 is 2.44 bits per heavy atom. The number of nitrogens with one attached hydrogen (secondary N) is 1. The highest BCUT2D eigenvalue weighted by Crippen LogP contribution is 2.37. The van der Waals surface area contributed by atoms with Crippen molar-refractivity contribution in [1.29, 1.82) is 0 Å². The van der Waals surface area contributed by atoms with Gasteiger partial charge in [-0.2, -0.15) is 0 Å². The minimum Gasteiger partial charge on any atom is -0.452 e. The number of thiophene rings is 1. The number of hydrogen-bond acceptors (Lipinski definition) is 5. The summed E-state index contributed by atoms with van der Waals surface area (Å²) < 4.78 is 31.1. The molecule has 0 unspecified atom stereocenters. The predicted octanol–water partition coefficient (Wildman–Crippen LogP) is 2.80. The van der Waals surface area contributed by atoms with Crippen LogP contribution in [0.25, 0.3) is 0 Å². The van der Waals surface area contributed by atoms with Crippen LogP contribution in [0, 0.1) is 11.6 Å². The quantitative estimate of drug-likeness (QED) is 0.762. The van der Waals surface area contributed by atoms with Gasteiger partial charge in [-0.15, -0.1) is 11.3 Å². The fraction of sp³-hybridized carbons (Fsp3) is 0.278. The molecule has 3 rings (SSSR count). The molecule has 1 aromatic carbocycles. The van der Waals surface area contributed by atoms with Gasteiger partial charge >= 0.3 is 5.97 Å². The zero-order valence-electron chi connectivity index (χ0n) is 14.1. The molecular weight excluding hydrogens is 378 g/mol. The molecule has 3 N–H and O–H groups in total. The van der Waals surface area contributed by atoms with Crippen LogP contribution < -0.4 is 11.1 Å². The van der Waals surface area contributed by atoms with Crippen LogP contribution in [0.1, 0.15) is 44.0 Å². The second-order valence-corrected chi connectivity index (χ2v) is 7.17. The van der Waals surface area contributed by atoms with Gasteiger partial charge in [0.2, 0.25) is 0 Å². The van der Waals surface area contributed by atoms with Gasteiger partial charge in [-0.1, -0.05) is 0 Å². The maximum atomic E-state index is 13.1. The molecule has 142 valence electrons. The van der Waals surface area contributed by atoms with E-state index in [-0.39, 0.29) is 5.56 Å². The van der Waals surface area contributed by atoms with Crippen molar-refractivity contribution in [3.63, 3.8) is 0 Å². The molecule has 1 heterocycles. The fourth-order valence-electron chi connectivity index (χ4n) is 2.96. The highest BCUT2D eigenvalue weighted by Gasteiger charge is 2.25. The number of nitrogens with two attached hydrogens (primary N) is 1. The van der Waals surface area contributed by atoms with E-state index in [0.29, 0.717) is 16.6 Å². The Morgan fingerprint density at radius 2 is 1.78 bits per heavy atom. The van der Waals surface area contributed by atoms with Gasteiger partial charge in [0.25, 0.3) is 11.8 Å². The third kappa shape index (κ3) is 4.30. The minimum absolute atomic E-state index is 0.293. The summed E-state index contributed by atoms with van der Waals surface area (Å²) in [5.41, 5.74) is 6.26. The number of fused-ring (bicyclic) bond motifs is 1. The molecule has 1 aromatic heterocycles. The van der Waals surface area contributed by atoms with E-state index >= 15 is 0 Å². The lowest BCUT2D eigenvalue weighted by Crippen LogP contribution is -2.23. The molecule has 0 radical (unpaired) electrons. The largest absolute Gasteiger partial charge is 0.452 e. The first-order valence-electron chi connectivity index (χ1n) is 8.22. The number of benzene rings is 1. The lowest BCUT2D eigenvalue weighted by atomic mass is 9.95. The van der Waals surface area contributed by atoms with Crippen molar-refractivity contribution in [2.75, 3.05) is 11.9 Å². The highest BCUT2D eigenvalue weighted by atomic mass is 32.1. The average Bonchev–Trinajstić information content (AvgIpc) is 2.96. The molecule has 9 heteroatoms. The lowest BCUT2D eigenvalue weighted by molar-refractivity contribution is -0.119. The molecule has 6 nitrogen and oxygen atoms in total. The summed E-state index contributed by atoms with van der Waals surface area (Å²) in [5, 5.41) is 2.86. The molecule has 0 bridgehead atoms. The number of primary amides is 1. The van der Waals surface area contributed by atoms with Crippen LogP contribution >= 0.6 is 11.3 Å². The SMILES string of the molecule is NC(=O)c1c(NC(=O)COC(=O)c2cc(F)cc(F)c2)sc2c1CCCC2. The number of esters is 1. The smallest absolute Gasteiger partial charge is 0.338 e. The van der Waals surface area contributed by atoms with Crippen LogP contribution in [0.15, 0.2) is 18.2 Å². The summed E-state index contributed by atoms with van der Waals surface area (Å²) in [6.07, 6.45) is 3.48. The van der Waals surface area contributed by atoms with Crippen LogP contribution in [-0.2, 0) is 22.4 Å². The molecule has 0 fully saturated rings. The number of amides is 2. The normalized spacial score (nSPS) is 13.0.